The van der Waals surface area contributed by atoms with Gasteiger partial charge in [0.2, 0.25) is 6.41 Å². The van der Waals surface area contributed by atoms with E-state index >= 15 is 0 Å². The summed E-state index contributed by atoms with van der Waals surface area (Å²) in [6.45, 7) is 0. The zero-order valence-electron chi connectivity index (χ0n) is 6.64. The molecule has 1 aromatic rings. The van der Waals surface area contributed by atoms with Crippen LogP contribution in [0, 0.1) is 0 Å². The number of carbonyl (C=O) groups excluding carboxylic acids is 1. The lowest BCUT2D eigenvalue weighted by Crippen LogP contribution is -2.21. The number of amides is 1. The SMILES string of the molecule is O=CNC(CC(=O)O)c1cnsc1. The number of carboxylic acid groups (broad SMARTS) is 1. The van der Waals surface area contributed by atoms with Gasteiger partial charge in [-0.25, -0.2) is 4.37 Å². The molecular weight excluding hydrogens is 192 g/mol. The molecule has 6 heteroatoms. The van der Waals surface area contributed by atoms with Gasteiger partial charge in [-0.05, 0) is 11.5 Å². The minimum atomic E-state index is -0.953. The number of aromatic nitrogens is 1. The number of nitrogens with zero attached hydrogens (tertiary/aromatic N) is 1. The quantitative estimate of drug-likeness (QED) is 0.674. The van der Waals surface area contributed by atoms with Crippen LogP contribution in [-0.4, -0.2) is 21.9 Å². The molecule has 1 heterocycles. The van der Waals surface area contributed by atoms with E-state index in [1.54, 1.807) is 11.6 Å². The highest BCUT2D eigenvalue weighted by molar-refractivity contribution is 7.03. The summed E-state index contributed by atoms with van der Waals surface area (Å²) >= 11 is 1.22. The predicted octanol–water partition coefficient (Wildman–Crippen LogP) is 0.405. The normalized spacial score (nSPS) is 12.0. The molecule has 0 spiro atoms. The molecule has 13 heavy (non-hydrogen) atoms. The minimum absolute atomic E-state index is 0.128. The van der Waals surface area contributed by atoms with Crippen LogP contribution in [0.25, 0.3) is 0 Å². The Bertz CT molecular complexity index is 286. The van der Waals surface area contributed by atoms with E-state index < -0.39 is 12.0 Å². The number of nitrogens with one attached hydrogen (secondary N) is 1. The Hall–Kier alpha value is -1.43. The molecule has 0 aromatic carbocycles. The lowest BCUT2D eigenvalue weighted by molar-refractivity contribution is -0.137. The number of carboxylic acids is 1. The van der Waals surface area contributed by atoms with Crippen molar-refractivity contribution in [3.05, 3.63) is 17.1 Å². The third-order valence-electron chi connectivity index (χ3n) is 1.50. The summed E-state index contributed by atoms with van der Waals surface area (Å²) < 4.78 is 3.83. The third-order valence-corrected chi connectivity index (χ3v) is 2.11. The zero-order chi connectivity index (χ0) is 9.68. The number of aliphatic carboxylic acids is 1. The highest BCUT2D eigenvalue weighted by Gasteiger charge is 2.14. The van der Waals surface area contributed by atoms with Crippen molar-refractivity contribution in [1.82, 2.24) is 9.69 Å². The highest BCUT2D eigenvalue weighted by Crippen LogP contribution is 2.16. The van der Waals surface area contributed by atoms with Gasteiger partial charge in [-0.1, -0.05) is 0 Å². The van der Waals surface area contributed by atoms with Crippen molar-refractivity contribution in [1.29, 1.82) is 0 Å². The first-order valence-electron chi connectivity index (χ1n) is 3.55. The summed E-state index contributed by atoms with van der Waals surface area (Å²) in [4.78, 5) is 20.6. The van der Waals surface area contributed by atoms with Crippen LogP contribution in [0.3, 0.4) is 0 Å². The van der Waals surface area contributed by atoms with Gasteiger partial charge in [-0.15, -0.1) is 0 Å². The maximum atomic E-state index is 10.4. The monoisotopic (exact) mass is 200 g/mol. The van der Waals surface area contributed by atoms with Crippen molar-refractivity contribution < 1.29 is 14.7 Å². The fourth-order valence-corrected chi connectivity index (χ4v) is 1.51. The van der Waals surface area contributed by atoms with Crippen LogP contribution in [0.5, 0.6) is 0 Å². The van der Waals surface area contributed by atoms with Crippen molar-refractivity contribution in [2.45, 2.75) is 12.5 Å². The second-order valence-corrected chi connectivity index (χ2v) is 3.05. The topological polar surface area (TPSA) is 79.3 Å². The summed E-state index contributed by atoms with van der Waals surface area (Å²) in [6.07, 6.45) is 1.91. The zero-order valence-corrected chi connectivity index (χ0v) is 7.45. The van der Waals surface area contributed by atoms with Crippen LogP contribution in [0.4, 0.5) is 0 Å². The maximum Gasteiger partial charge on any atom is 0.305 e. The molecule has 0 aliphatic carbocycles. The molecule has 0 fully saturated rings. The second-order valence-electron chi connectivity index (χ2n) is 2.39. The molecule has 70 valence electrons. The van der Waals surface area contributed by atoms with Gasteiger partial charge >= 0.3 is 5.97 Å². The molecular formula is C7H8N2O3S. The van der Waals surface area contributed by atoms with Crippen LogP contribution < -0.4 is 5.32 Å². The Morgan fingerprint density at radius 2 is 2.62 bits per heavy atom. The predicted molar refractivity (Wildman–Crippen MR) is 46.3 cm³/mol. The fraction of sp³-hybridized carbons (Fsp3) is 0.286. The van der Waals surface area contributed by atoms with Gasteiger partial charge in [0, 0.05) is 17.1 Å². The Labute approximate surface area is 78.6 Å². The summed E-state index contributed by atoms with van der Waals surface area (Å²) in [6, 6.07) is -0.478. The first-order valence-corrected chi connectivity index (χ1v) is 4.38. The average Bonchev–Trinajstić information content (AvgIpc) is 2.54. The van der Waals surface area contributed by atoms with E-state index in [0.717, 1.165) is 5.56 Å². The van der Waals surface area contributed by atoms with Crippen molar-refractivity contribution in [2.24, 2.45) is 0 Å². The van der Waals surface area contributed by atoms with Gasteiger partial charge in [-0.2, -0.15) is 0 Å². The van der Waals surface area contributed by atoms with Gasteiger partial charge < -0.3 is 10.4 Å². The van der Waals surface area contributed by atoms with E-state index in [4.69, 9.17) is 5.11 Å². The van der Waals surface area contributed by atoms with Gasteiger partial charge in [0.25, 0.3) is 0 Å². The van der Waals surface area contributed by atoms with E-state index in [-0.39, 0.29) is 6.42 Å². The van der Waals surface area contributed by atoms with Gasteiger partial charge in [0.1, 0.15) is 0 Å². The number of hydrogen-bond acceptors (Lipinski definition) is 4. The van der Waals surface area contributed by atoms with Gasteiger partial charge in [0.05, 0.1) is 12.5 Å². The van der Waals surface area contributed by atoms with Crippen molar-refractivity contribution >= 4 is 23.9 Å². The van der Waals surface area contributed by atoms with Crippen molar-refractivity contribution in [2.75, 3.05) is 0 Å². The summed E-state index contributed by atoms with van der Waals surface area (Å²) in [5.74, 6) is -0.953. The lowest BCUT2D eigenvalue weighted by Gasteiger charge is -2.10. The smallest absolute Gasteiger partial charge is 0.305 e. The van der Waals surface area contributed by atoms with E-state index in [1.165, 1.54) is 11.5 Å². The fourth-order valence-electron chi connectivity index (χ4n) is 0.915. The molecule has 5 nitrogen and oxygen atoms in total. The van der Waals surface area contributed by atoms with E-state index in [9.17, 15) is 9.59 Å². The molecule has 0 aliphatic heterocycles. The molecule has 0 saturated heterocycles. The van der Waals surface area contributed by atoms with Gasteiger partial charge in [0.15, 0.2) is 0 Å². The largest absolute Gasteiger partial charge is 0.481 e. The van der Waals surface area contributed by atoms with Crippen LogP contribution in [0.2, 0.25) is 0 Å². The van der Waals surface area contributed by atoms with E-state index in [1.807, 2.05) is 0 Å². The molecule has 0 aliphatic rings. The number of rotatable bonds is 5. The molecule has 0 bridgehead atoms. The summed E-state index contributed by atoms with van der Waals surface area (Å²) in [5.41, 5.74) is 0.722. The molecule has 1 amide bonds. The summed E-state index contributed by atoms with van der Waals surface area (Å²) in [7, 11) is 0. The van der Waals surface area contributed by atoms with Crippen LogP contribution in [-0.2, 0) is 9.59 Å². The average molecular weight is 200 g/mol. The van der Waals surface area contributed by atoms with E-state index in [2.05, 4.69) is 9.69 Å². The summed E-state index contributed by atoms with van der Waals surface area (Å²) in [5, 5.41) is 12.7. The molecule has 0 radical (unpaired) electrons. The molecule has 0 saturated carbocycles. The van der Waals surface area contributed by atoms with Gasteiger partial charge in [-0.3, -0.25) is 9.59 Å². The molecule has 1 atom stereocenters. The van der Waals surface area contributed by atoms with Crippen molar-refractivity contribution in [3.8, 4) is 0 Å². The Morgan fingerprint density at radius 3 is 3.08 bits per heavy atom. The molecule has 1 aromatic heterocycles. The van der Waals surface area contributed by atoms with Crippen molar-refractivity contribution in [3.63, 3.8) is 0 Å². The van der Waals surface area contributed by atoms with Crippen LogP contribution in [0.1, 0.15) is 18.0 Å². The van der Waals surface area contributed by atoms with Crippen LogP contribution >= 0.6 is 11.5 Å². The number of carbonyl (C=O) groups is 2. The molecule has 2 N–H and O–H groups in total. The number of hydrogen-bond donors (Lipinski definition) is 2. The van der Waals surface area contributed by atoms with Crippen LogP contribution in [0.15, 0.2) is 11.6 Å². The Balaban J connectivity index is 2.67. The maximum absolute atomic E-state index is 10.4. The first-order chi connectivity index (χ1) is 6.24. The minimum Gasteiger partial charge on any atom is -0.481 e. The lowest BCUT2D eigenvalue weighted by atomic mass is 10.1. The standard InChI is InChI=1S/C7H8N2O3S/c10-4-8-6(1-7(11)12)5-2-9-13-3-5/h2-4,6H,1H2,(H,8,10)(H,11,12). The molecule has 1 unspecified atom stereocenters. The Kier molecular flexibility index (Phi) is 3.39. The highest BCUT2D eigenvalue weighted by atomic mass is 32.1. The van der Waals surface area contributed by atoms with E-state index in [0.29, 0.717) is 6.41 Å². The Morgan fingerprint density at radius 1 is 1.85 bits per heavy atom. The third kappa shape index (κ3) is 2.83. The molecule has 1 rings (SSSR count). The second kappa shape index (κ2) is 4.56. The first kappa shape index (κ1) is 9.66.